The quantitative estimate of drug-likeness (QED) is 0.734. The number of aromatic nitrogens is 3. The third-order valence-electron chi connectivity index (χ3n) is 2.49. The summed E-state index contributed by atoms with van der Waals surface area (Å²) in [6, 6.07) is 6.05. The van der Waals surface area contributed by atoms with Crippen molar-refractivity contribution in [2.75, 3.05) is 7.11 Å². The van der Waals surface area contributed by atoms with Gasteiger partial charge in [-0.05, 0) is 24.3 Å². The average Bonchev–Trinajstić information content (AvgIpc) is 2.45. The molecule has 1 aromatic carbocycles. The zero-order valence-electron chi connectivity index (χ0n) is 10.8. The number of nitrogens with zero attached hydrogens (tertiary/aromatic N) is 3. The Morgan fingerprint density at radius 3 is 1.91 bits per heavy atom. The molecule has 10 heteroatoms. The molecule has 0 spiro atoms. The molecule has 0 radical (unpaired) electrons. The fraction of sp³-hybridized carbons (Fsp3) is 0.250. The lowest BCUT2D eigenvalue weighted by molar-refractivity contribution is -0.145. The lowest BCUT2D eigenvalue weighted by atomic mass is 10.2. The van der Waals surface area contributed by atoms with Gasteiger partial charge in [-0.2, -0.15) is 13.2 Å². The second-order valence-electron chi connectivity index (χ2n) is 4.03. The number of hydrogen-bond acceptors (Lipinski definition) is 4. The third-order valence-corrected chi connectivity index (χ3v) is 3.00. The van der Waals surface area contributed by atoms with Crippen molar-refractivity contribution in [1.82, 2.24) is 15.0 Å². The highest BCUT2D eigenvalue weighted by molar-refractivity contribution is 6.66. The van der Waals surface area contributed by atoms with Gasteiger partial charge in [0.15, 0.2) is 11.6 Å². The summed E-state index contributed by atoms with van der Waals surface area (Å²) < 4.78 is 41.4. The van der Waals surface area contributed by atoms with Gasteiger partial charge in [-0.25, -0.2) is 15.0 Å². The van der Waals surface area contributed by atoms with Gasteiger partial charge in [0.1, 0.15) is 5.75 Å². The number of ether oxygens (including phenoxy) is 1. The SMILES string of the molecule is COc1ccc(-c2nc(C(F)(F)F)nc(C(Cl)(Cl)Cl)n2)cc1. The molecular formula is C12H7Cl3F3N3O. The molecule has 0 aliphatic heterocycles. The van der Waals surface area contributed by atoms with Crippen LogP contribution in [-0.4, -0.2) is 22.1 Å². The van der Waals surface area contributed by atoms with E-state index in [-0.39, 0.29) is 5.82 Å². The molecule has 0 saturated heterocycles. The Morgan fingerprint density at radius 2 is 1.45 bits per heavy atom. The fourth-order valence-electron chi connectivity index (χ4n) is 1.50. The monoisotopic (exact) mass is 371 g/mol. The Bertz CT molecular complexity index is 640. The van der Waals surface area contributed by atoms with Crippen LogP contribution in [-0.2, 0) is 9.97 Å². The van der Waals surface area contributed by atoms with Crippen LogP contribution in [0.5, 0.6) is 5.75 Å². The fourth-order valence-corrected chi connectivity index (χ4v) is 1.75. The van der Waals surface area contributed by atoms with Crippen LogP contribution >= 0.6 is 34.8 Å². The number of halogens is 6. The van der Waals surface area contributed by atoms with Crippen molar-refractivity contribution >= 4 is 34.8 Å². The average molecular weight is 373 g/mol. The van der Waals surface area contributed by atoms with Crippen molar-refractivity contribution in [3.63, 3.8) is 0 Å². The maximum absolute atomic E-state index is 12.9. The molecule has 1 heterocycles. The highest BCUT2D eigenvalue weighted by Crippen LogP contribution is 2.38. The van der Waals surface area contributed by atoms with Crippen molar-refractivity contribution in [1.29, 1.82) is 0 Å². The smallest absolute Gasteiger partial charge is 0.451 e. The lowest BCUT2D eigenvalue weighted by Crippen LogP contribution is -2.18. The second kappa shape index (κ2) is 6.06. The van der Waals surface area contributed by atoms with Gasteiger partial charge >= 0.3 is 6.18 Å². The van der Waals surface area contributed by atoms with E-state index >= 15 is 0 Å². The molecule has 0 amide bonds. The summed E-state index contributed by atoms with van der Waals surface area (Å²) >= 11 is 16.7. The number of benzene rings is 1. The molecule has 0 aliphatic carbocycles. The van der Waals surface area contributed by atoms with Crippen LogP contribution < -0.4 is 4.74 Å². The first-order valence-corrected chi connectivity index (χ1v) is 6.79. The molecule has 0 atom stereocenters. The normalized spacial score (nSPS) is 12.3. The number of alkyl halides is 6. The Kier molecular flexibility index (Phi) is 4.70. The van der Waals surface area contributed by atoms with E-state index in [0.717, 1.165) is 0 Å². The number of rotatable bonds is 2. The van der Waals surface area contributed by atoms with Crippen molar-refractivity contribution in [2.24, 2.45) is 0 Å². The summed E-state index contributed by atoms with van der Waals surface area (Å²) in [5.41, 5.74) is 0.296. The molecule has 2 aromatic rings. The molecule has 0 unspecified atom stereocenters. The van der Waals surface area contributed by atoms with Crippen LogP contribution in [0.3, 0.4) is 0 Å². The molecule has 0 fully saturated rings. The van der Waals surface area contributed by atoms with Crippen LogP contribution in [0.15, 0.2) is 24.3 Å². The van der Waals surface area contributed by atoms with Gasteiger partial charge < -0.3 is 4.74 Å². The summed E-state index contributed by atoms with van der Waals surface area (Å²) in [5, 5.41) is 0. The minimum absolute atomic E-state index is 0.258. The van der Waals surface area contributed by atoms with Crippen molar-refractivity contribution < 1.29 is 17.9 Å². The van der Waals surface area contributed by atoms with Gasteiger partial charge in [0.2, 0.25) is 9.62 Å². The Labute approximate surface area is 138 Å². The van der Waals surface area contributed by atoms with Crippen LogP contribution in [0.4, 0.5) is 13.2 Å². The summed E-state index contributed by atoms with van der Waals surface area (Å²) in [5.74, 6) is -1.78. The first-order valence-electron chi connectivity index (χ1n) is 5.66. The summed E-state index contributed by atoms with van der Waals surface area (Å²) in [6.07, 6.45) is -4.80. The van der Waals surface area contributed by atoms with Gasteiger partial charge in [0.25, 0.3) is 0 Å². The number of methoxy groups -OCH3 is 1. The molecular weight excluding hydrogens is 366 g/mol. The first-order chi connectivity index (χ1) is 10.1. The Balaban J connectivity index is 2.59. The summed E-state index contributed by atoms with van der Waals surface area (Å²) in [6.45, 7) is 0. The predicted molar refractivity (Wildman–Crippen MR) is 76.1 cm³/mol. The van der Waals surface area contributed by atoms with E-state index in [2.05, 4.69) is 15.0 Å². The van der Waals surface area contributed by atoms with E-state index in [4.69, 9.17) is 39.5 Å². The molecule has 1 aromatic heterocycles. The maximum Gasteiger partial charge on any atom is 0.451 e. The number of hydrogen-bond donors (Lipinski definition) is 0. The highest BCUT2D eigenvalue weighted by Gasteiger charge is 2.38. The topological polar surface area (TPSA) is 47.9 Å². The Morgan fingerprint density at radius 1 is 0.909 bits per heavy atom. The van der Waals surface area contributed by atoms with Crippen LogP contribution in [0.1, 0.15) is 11.6 Å². The van der Waals surface area contributed by atoms with Crippen molar-refractivity contribution in [3.8, 4) is 17.1 Å². The highest BCUT2D eigenvalue weighted by atomic mass is 35.6. The van der Waals surface area contributed by atoms with Crippen LogP contribution in [0.25, 0.3) is 11.4 Å². The third kappa shape index (κ3) is 3.91. The molecule has 4 nitrogen and oxygen atoms in total. The van der Waals surface area contributed by atoms with E-state index in [1.165, 1.54) is 19.2 Å². The standard InChI is InChI=1S/C12H7Cl3F3N3O/c1-22-7-4-2-6(3-5-7)8-19-9(11(13,14)15)21-10(20-8)12(16,17)18/h2-5H,1H3. The van der Waals surface area contributed by atoms with E-state index < -0.39 is 21.6 Å². The summed E-state index contributed by atoms with van der Waals surface area (Å²) in [7, 11) is 1.46. The van der Waals surface area contributed by atoms with Crippen molar-refractivity contribution in [2.45, 2.75) is 9.97 Å². The first kappa shape index (κ1) is 17.1. The molecule has 0 saturated carbocycles. The van der Waals surface area contributed by atoms with Crippen molar-refractivity contribution in [3.05, 3.63) is 35.9 Å². The zero-order chi connectivity index (χ0) is 16.5. The molecule has 0 N–H and O–H groups in total. The van der Waals surface area contributed by atoms with Gasteiger partial charge in [0, 0.05) is 5.56 Å². The maximum atomic E-state index is 12.9. The molecule has 0 aliphatic rings. The van der Waals surface area contributed by atoms with Gasteiger partial charge in [-0.3, -0.25) is 0 Å². The Hall–Kier alpha value is -1.31. The van der Waals surface area contributed by atoms with E-state index in [1.54, 1.807) is 12.1 Å². The minimum atomic E-state index is -4.80. The molecule has 2 rings (SSSR count). The van der Waals surface area contributed by atoms with E-state index in [1.807, 2.05) is 0 Å². The predicted octanol–water partition coefficient (Wildman–Crippen LogP) is 4.39. The van der Waals surface area contributed by atoms with Gasteiger partial charge in [-0.1, -0.05) is 34.8 Å². The van der Waals surface area contributed by atoms with E-state index in [9.17, 15) is 13.2 Å². The minimum Gasteiger partial charge on any atom is -0.497 e. The molecule has 0 bridgehead atoms. The molecule has 22 heavy (non-hydrogen) atoms. The largest absolute Gasteiger partial charge is 0.497 e. The van der Waals surface area contributed by atoms with Gasteiger partial charge in [0.05, 0.1) is 7.11 Å². The van der Waals surface area contributed by atoms with E-state index in [0.29, 0.717) is 11.3 Å². The van der Waals surface area contributed by atoms with Crippen LogP contribution in [0, 0.1) is 0 Å². The lowest BCUT2D eigenvalue weighted by Gasteiger charge is -2.13. The van der Waals surface area contributed by atoms with Crippen LogP contribution in [0.2, 0.25) is 0 Å². The second-order valence-corrected chi connectivity index (χ2v) is 6.31. The summed E-state index contributed by atoms with van der Waals surface area (Å²) in [4.78, 5) is 10.3. The zero-order valence-corrected chi connectivity index (χ0v) is 13.1. The molecule has 118 valence electrons. The van der Waals surface area contributed by atoms with Gasteiger partial charge in [-0.15, -0.1) is 0 Å².